The molecule has 0 radical (unpaired) electrons. The van der Waals surface area contributed by atoms with Crippen molar-refractivity contribution in [1.82, 2.24) is 5.32 Å². The normalized spacial score (nSPS) is 10.0. The number of carbonyl (C=O) groups excluding carboxylic acids is 1. The molecule has 19 heavy (non-hydrogen) atoms. The molecule has 0 aliphatic carbocycles. The van der Waals surface area contributed by atoms with E-state index in [0.717, 1.165) is 10.0 Å². The van der Waals surface area contributed by atoms with E-state index >= 15 is 0 Å². The highest BCUT2D eigenvalue weighted by Gasteiger charge is 2.04. The standard InChI is InChI=1S/C15H14BrNO2/c1-17-15(18)12-3-2-4-14(9-12)19-10-11-5-7-13(16)8-6-11/h2-9H,10H2,1H3,(H,17,18). The highest BCUT2D eigenvalue weighted by Crippen LogP contribution is 2.16. The molecule has 0 unspecified atom stereocenters. The number of rotatable bonds is 4. The molecule has 0 saturated heterocycles. The molecular formula is C15H14BrNO2. The molecule has 2 aromatic rings. The number of ether oxygens (including phenoxy) is 1. The van der Waals surface area contributed by atoms with E-state index < -0.39 is 0 Å². The third kappa shape index (κ3) is 3.83. The van der Waals surface area contributed by atoms with Gasteiger partial charge in [-0.3, -0.25) is 4.79 Å². The van der Waals surface area contributed by atoms with Crippen molar-refractivity contribution in [2.45, 2.75) is 6.61 Å². The molecule has 0 saturated carbocycles. The van der Waals surface area contributed by atoms with Crippen LogP contribution in [0, 0.1) is 0 Å². The van der Waals surface area contributed by atoms with Gasteiger partial charge in [0.2, 0.25) is 0 Å². The molecule has 2 aromatic carbocycles. The minimum absolute atomic E-state index is 0.117. The van der Waals surface area contributed by atoms with Crippen LogP contribution in [-0.4, -0.2) is 13.0 Å². The van der Waals surface area contributed by atoms with E-state index in [1.807, 2.05) is 36.4 Å². The summed E-state index contributed by atoms with van der Waals surface area (Å²) >= 11 is 3.39. The Hall–Kier alpha value is -1.81. The lowest BCUT2D eigenvalue weighted by Gasteiger charge is -2.08. The summed E-state index contributed by atoms with van der Waals surface area (Å²) in [7, 11) is 1.61. The first-order chi connectivity index (χ1) is 9.19. The summed E-state index contributed by atoms with van der Waals surface area (Å²) in [4.78, 5) is 11.5. The van der Waals surface area contributed by atoms with Gasteiger partial charge in [-0.15, -0.1) is 0 Å². The first-order valence-corrected chi connectivity index (χ1v) is 6.68. The van der Waals surface area contributed by atoms with Crippen molar-refractivity contribution in [3.05, 3.63) is 64.1 Å². The zero-order valence-corrected chi connectivity index (χ0v) is 12.1. The first-order valence-electron chi connectivity index (χ1n) is 5.88. The van der Waals surface area contributed by atoms with Gasteiger partial charge in [0.05, 0.1) is 0 Å². The van der Waals surface area contributed by atoms with Crippen LogP contribution in [-0.2, 0) is 6.61 Å². The molecular weight excluding hydrogens is 306 g/mol. The smallest absolute Gasteiger partial charge is 0.251 e. The molecule has 0 aliphatic rings. The lowest BCUT2D eigenvalue weighted by atomic mass is 10.2. The molecule has 98 valence electrons. The Kier molecular flexibility index (Phi) is 4.58. The van der Waals surface area contributed by atoms with Crippen molar-refractivity contribution < 1.29 is 9.53 Å². The molecule has 0 bridgehead atoms. The zero-order chi connectivity index (χ0) is 13.7. The van der Waals surface area contributed by atoms with E-state index in [1.54, 1.807) is 19.2 Å². The summed E-state index contributed by atoms with van der Waals surface area (Å²) in [6, 6.07) is 15.1. The largest absolute Gasteiger partial charge is 0.489 e. The van der Waals surface area contributed by atoms with E-state index in [0.29, 0.717) is 17.9 Å². The molecule has 1 N–H and O–H groups in total. The third-order valence-corrected chi connectivity index (χ3v) is 3.17. The van der Waals surface area contributed by atoms with Crippen molar-refractivity contribution in [2.75, 3.05) is 7.05 Å². The lowest BCUT2D eigenvalue weighted by molar-refractivity contribution is 0.0962. The monoisotopic (exact) mass is 319 g/mol. The van der Waals surface area contributed by atoms with Gasteiger partial charge in [0.25, 0.3) is 5.91 Å². The Balaban J connectivity index is 2.03. The van der Waals surface area contributed by atoms with Gasteiger partial charge < -0.3 is 10.1 Å². The van der Waals surface area contributed by atoms with Gasteiger partial charge in [-0.25, -0.2) is 0 Å². The zero-order valence-electron chi connectivity index (χ0n) is 10.5. The second-order valence-electron chi connectivity index (χ2n) is 4.02. The fraction of sp³-hybridized carbons (Fsp3) is 0.133. The van der Waals surface area contributed by atoms with Gasteiger partial charge in [0, 0.05) is 17.1 Å². The van der Waals surface area contributed by atoms with Crippen LogP contribution < -0.4 is 10.1 Å². The van der Waals surface area contributed by atoms with Crippen LogP contribution in [0.4, 0.5) is 0 Å². The van der Waals surface area contributed by atoms with E-state index in [1.165, 1.54) is 0 Å². The van der Waals surface area contributed by atoms with E-state index in [-0.39, 0.29) is 5.91 Å². The summed E-state index contributed by atoms with van der Waals surface area (Å²) < 4.78 is 6.71. The van der Waals surface area contributed by atoms with Crippen molar-refractivity contribution in [2.24, 2.45) is 0 Å². The summed E-state index contributed by atoms with van der Waals surface area (Å²) in [6.45, 7) is 0.477. The van der Waals surface area contributed by atoms with Crippen molar-refractivity contribution in [3.63, 3.8) is 0 Å². The summed E-state index contributed by atoms with van der Waals surface area (Å²) in [5, 5.41) is 2.59. The summed E-state index contributed by atoms with van der Waals surface area (Å²) in [5.74, 6) is 0.568. The molecule has 1 amide bonds. The molecule has 2 rings (SSSR count). The molecule has 3 nitrogen and oxygen atoms in total. The second-order valence-corrected chi connectivity index (χ2v) is 4.94. The average Bonchev–Trinajstić information content (AvgIpc) is 2.46. The van der Waals surface area contributed by atoms with E-state index in [4.69, 9.17) is 4.74 Å². The van der Waals surface area contributed by atoms with Gasteiger partial charge >= 0.3 is 0 Å². The minimum Gasteiger partial charge on any atom is -0.489 e. The summed E-state index contributed by atoms with van der Waals surface area (Å²) in [6.07, 6.45) is 0. The second kappa shape index (κ2) is 6.38. The van der Waals surface area contributed by atoms with Gasteiger partial charge in [-0.2, -0.15) is 0 Å². The van der Waals surface area contributed by atoms with Crippen LogP contribution in [0.5, 0.6) is 5.75 Å². The number of nitrogens with one attached hydrogen (secondary N) is 1. The predicted molar refractivity (Wildman–Crippen MR) is 78.3 cm³/mol. The Labute approximate surface area is 120 Å². The highest BCUT2D eigenvalue weighted by molar-refractivity contribution is 9.10. The van der Waals surface area contributed by atoms with E-state index in [2.05, 4.69) is 21.2 Å². The Morgan fingerprint density at radius 1 is 1.21 bits per heavy atom. The van der Waals surface area contributed by atoms with Crippen LogP contribution in [0.15, 0.2) is 53.0 Å². The number of carbonyl (C=O) groups is 1. The maximum Gasteiger partial charge on any atom is 0.251 e. The van der Waals surface area contributed by atoms with Gasteiger partial charge in [0.1, 0.15) is 12.4 Å². The number of hydrogen-bond acceptors (Lipinski definition) is 2. The SMILES string of the molecule is CNC(=O)c1cccc(OCc2ccc(Br)cc2)c1. The number of halogens is 1. The fourth-order valence-electron chi connectivity index (χ4n) is 1.62. The van der Waals surface area contributed by atoms with Crippen LogP contribution in [0.25, 0.3) is 0 Å². The summed E-state index contributed by atoms with van der Waals surface area (Å²) in [5.41, 5.74) is 1.67. The molecule has 0 atom stereocenters. The maximum atomic E-state index is 11.5. The van der Waals surface area contributed by atoms with Crippen molar-refractivity contribution in [1.29, 1.82) is 0 Å². The molecule has 4 heteroatoms. The highest BCUT2D eigenvalue weighted by atomic mass is 79.9. The molecule has 0 spiro atoms. The fourth-order valence-corrected chi connectivity index (χ4v) is 1.88. The Morgan fingerprint density at radius 3 is 2.63 bits per heavy atom. The average molecular weight is 320 g/mol. The molecule has 0 heterocycles. The molecule has 0 aliphatic heterocycles. The van der Waals surface area contributed by atoms with Gasteiger partial charge in [-0.05, 0) is 35.9 Å². The van der Waals surface area contributed by atoms with Crippen LogP contribution in [0.3, 0.4) is 0 Å². The van der Waals surface area contributed by atoms with Crippen LogP contribution in [0.1, 0.15) is 15.9 Å². The van der Waals surface area contributed by atoms with E-state index in [9.17, 15) is 4.79 Å². The number of hydrogen-bond donors (Lipinski definition) is 1. The lowest BCUT2D eigenvalue weighted by Crippen LogP contribution is -2.17. The molecule has 0 fully saturated rings. The van der Waals surface area contributed by atoms with Crippen molar-refractivity contribution >= 4 is 21.8 Å². The Morgan fingerprint density at radius 2 is 1.95 bits per heavy atom. The minimum atomic E-state index is -0.117. The van der Waals surface area contributed by atoms with Crippen LogP contribution in [0.2, 0.25) is 0 Å². The first kappa shape index (κ1) is 13.6. The number of amides is 1. The van der Waals surface area contributed by atoms with Gasteiger partial charge in [-0.1, -0.05) is 34.1 Å². The number of benzene rings is 2. The predicted octanol–water partition coefficient (Wildman–Crippen LogP) is 3.39. The Bertz CT molecular complexity index is 567. The quantitative estimate of drug-likeness (QED) is 0.938. The molecule has 0 aromatic heterocycles. The maximum absolute atomic E-state index is 11.5. The topological polar surface area (TPSA) is 38.3 Å². The van der Waals surface area contributed by atoms with Crippen molar-refractivity contribution in [3.8, 4) is 5.75 Å². The van der Waals surface area contributed by atoms with Gasteiger partial charge in [0.15, 0.2) is 0 Å². The van der Waals surface area contributed by atoms with Crippen LogP contribution >= 0.6 is 15.9 Å². The third-order valence-electron chi connectivity index (χ3n) is 2.64.